The van der Waals surface area contributed by atoms with Crippen molar-refractivity contribution in [3.8, 4) is 0 Å². The Morgan fingerprint density at radius 1 is 1.06 bits per heavy atom. The Balaban J connectivity index is 2.28. The Morgan fingerprint density at radius 3 is 2.50 bits per heavy atom. The summed E-state index contributed by atoms with van der Waals surface area (Å²) in [6, 6.07) is 12.3. The first-order valence-electron chi connectivity index (χ1n) is 5.77. The van der Waals surface area contributed by atoms with Crippen LogP contribution < -0.4 is 5.19 Å². The minimum absolute atomic E-state index is 0.852. The molecular weight excluding hydrogens is 242 g/mol. The van der Waals surface area contributed by atoms with Gasteiger partial charge in [-0.2, -0.15) is 0 Å². The number of rotatable bonds is 5. The van der Waals surface area contributed by atoms with Crippen molar-refractivity contribution in [1.29, 1.82) is 0 Å². The summed E-state index contributed by atoms with van der Waals surface area (Å²) in [4.78, 5) is 4.14. The van der Waals surface area contributed by atoms with Crippen molar-refractivity contribution < 1.29 is 8.85 Å². The third kappa shape index (κ3) is 3.04. The molecule has 1 radical (unpaired) electrons. The van der Waals surface area contributed by atoms with E-state index < -0.39 is 9.28 Å². The maximum Gasteiger partial charge on any atom is 0.423 e. The van der Waals surface area contributed by atoms with Gasteiger partial charge in [-0.15, -0.1) is 0 Å². The lowest BCUT2D eigenvalue weighted by atomic mass is 10.1. The van der Waals surface area contributed by atoms with Crippen LogP contribution in [0, 0.1) is 0 Å². The second-order valence-corrected chi connectivity index (χ2v) is 5.82. The predicted molar refractivity (Wildman–Crippen MR) is 72.9 cm³/mol. The Bertz CT molecular complexity index is 486. The normalized spacial score (nSPS) is 10.8. The van der Waals surface area contributed by atoms with Gasteiger partial charge in [-0.05, 0) is 28.8 Å². The first-order chi connectivity index (χ1) is 8.85. The lowest BCUT2D eigenvalue weighted by Crippen LogP contribution is -2.37. The van der Waals surface area contributed by atoms with Gasteiger partial charge in [0.05, 0.1) is 0 Å². The third-order valence-corrected chi connectivity index (χ3v) is 4.39. The first kappa shape index (κ1) is 13.0. The van der Waals surface area contributed by atoms with Crippen LogP contribution >= 0.6 is 0 Å². The van der Waals surface area contributed by atoms with Gasteiger partial charge in [0, 0.05) is 26.6 Å². The van der Waals surface area contributed by atoms with Crippen molar-refractivity contribution in [2.45, 2.75) is 6.42 Å². The molecule has 0 amide bonds. The summed E-state index contributed by atoms with van der Waals surface area (Å²) in [5, 5.41) is 1.16. The molecule has 0 fully saturated rings. The number of nitrogens with zero attached hydrogens (tertiary/aromatic N) is 1. The van der Waals surface area contributed by atoms with E-state index >= 15 is 0 Å². The minimum Gasteiger partial charge on any atom is -0.393 e. The standard InChI is InChI=1S/C14H16NO2Si/c1-16-18(17-2)14-8-4-3-7-13(14)10-12-6-5-9-15-11-12/h3-9,11H,10H2,1-2H3. The van der Waals surface area contributed by atoms with E-state index in [0.717, 1.165) is 11.6 Å². The molecule has 1 heterocycles. The summed E-state index contributed by atoms with van der Waals surface area (Å²) >= 11 is 0. The first-order valence-corrected chi connectivity index (χ1v) is 7.09. The van der Waals surface area contributed by atoms with Gasteiger partial charge >= 0.3 is 9.28 Å². The van der Waals surface area contributed by atoms with Crippen LogP contribution in [0.3, 0.4) is 0 Å². The fraction of sp³-hybridized carbons (Fsp3) is 0.214. The quantitative estimate of drug-likeness (QED) is 0.764. The molecule has 0 saturated heterocycles. The van der Waals surface area contributed by atoms with Crippen LogP contribution in [0.5, 0.6) is 0 Å². The molecule has 0 unspecified atom stereocenters. The van der Waals surface area contributed by atoms with Gasteiger partial charge in [0.2, 0.25) is 0 Å². The number of hydrogen-bond acceptors (Lipinski definition) is 3. The summed E-state index contributed by atoms with van der Waals surface area (Å²) in [6.45, 7) is 0. The second-order valence-electron chi connectivity index (χ2n) is 3.89. The van der Waals surface area contributed by atoms with Crippen molar-refractivity contribution in [3.63, 3.8) is 0 Å². The highest BCUT2D eigenvalue weighted by molar-refractivity contribution is 6.61. The largest absolute Gasteiger partial charge is 0.423 e. The van der Waals surface area contributed by atoms with Crippen molar-refractivity contribution in [2.75, 3.05) is 14.2 Å². The summed E-state index contributed by atoms with van der Waals surface area (Å²) in [5.41, 5.74) is 2.43. The molecule has 0 N–H and O–H groups in total. The monoisotopic (exact) mass is 258 g/mol. The molecule has 3 nitrogen and oxygen atoms in total. The maximum atomic E-state index is 5.43. The minimum atomic E-state index is -1.37. The molecule has 0 aliphatic rings. The van der Waals surface area contributed by atoms with E-state index in [1.165, 1.54) is 11.1 Å². The molecule has 18 heavy (non-hydrogen) atoms. The van der Waals surface area contributed by atoms with Crippen molar-refractivity contribution >= 4 is 14.5 Å². The summed E-state index contributed by atoms with van der Waals surface area (Å²) in [5.74, 6) is 0. The number of benzene rings is 1. The topological polar surface area (TPSA) is 31.4 Å². The molecule has 1 aromatic carbocycles. The van der Waals surface area contributed by atoms with Crippen LogP contribution in [0.25, 0.3) is 0 Å². The summed E-state index contributed by atoms with van der Waals surface area (Å²) in [7, 11) is 2.02. The number of hydrogen-bond donors (Lipinski definition) is 0. The molecule has 0 bridgehead atoms. The van der Waals surface area contributed by atoms with Gasteiger partial charge < -0.3 is 8.85 Å². The molecular formula is C14H16NO2Si. The molecule has 93 valence electrons. The molecule has 0 spiro atoms. The molecule has 2 aromatic rings. The van der Waals surface area contributed by atoms with E-state index in [2.05, 4.69) is 23.2 Å². The summed E-state index contributed by atoms with van der Waals surface area (Å²) < 4.78 is 10.9. The molecule has 2 rings (SSSR count). The fourth-order valence-electron chi connectivity index (χ4n) is 1.90. The van der Waals surface area contributed by atoms with Crippen molar-refractivity contribution in [2.24, 2.45) is 0 Å². The van der Waals surface area contributed by atoms with Crippen LogP contribution in [-0.4, -0.2) is 28.5 Å². The molecule has 0 atom stereocenters. The average molecular weight is 258 g/mol. The smallest absolute Gasteiger partial charge is 0.393 e. The van der Waals surface area contributed by atoms with Crippen LogP contribution in [0.4, 0.5) is 0 Å². The maximum absolute atomic E-state index is 5.43. The highest BCUT2D eigenvalue weighted by atomic mass is 28.3. The number of aromatic nitrogens is 1. The van der Waals surface area contributed by atoms with Gasteiger partial charge in [0.15, 0.2) is 0 Å². The highest BCUT2D eigenvalue weighted by Crippen LogP contribution is 2.07. The Kier molecular flexibility index (Phi) is 4.64. The van der Waals surface area contributed by atoms with E-state index in [-0.39, 0.29) is 0 Å². The lowest BCUT2D eigenvalue weighted by molar-refractivity contribution is 0.291. The Hall–Kier alpha value is -1.49. The van der Waals surface area contributed by atoms with E-state index in [1.807, 2.05) is 24.4 Å². The molecule has 0 aliphatic heterocycles. The Labute approximate surface area is 109 Å². The van der Waals surface area contributed by atoms with Gasteiger partial charge in [-0.3, -0.25) is 4.98 Å². The lowest BCUT2D eigenvalue weighted by Gasteiger charge is -2.14. The SMILES string of the molecule is CO[Si](OC)c1ccccc1Cc1cccnc1. The Morgan fingerprint density at radius 2 is 1.83 bits per heavy atom. The van der Waals surface area contributed by atoms with Gasteiger partial charge in [0.25, 0.3) is 0 Å². The zero-order valence-corrected chi connectivity index (χ0v) is 11.6. The van der Waals surface area contributed by atoms with Crippen LogP contribution in [0.1, 0.15) is 11.1 Å². The molecule has 0 aliphatic carbocycles. The van der Waals surface area contributed by atoms with Crippen LogP contribution in [-0.2, 0) is 15.3 Å². The van der Waals surface area contributed by atoms with Gasteiger partial charge in [-0.1, -0.05) is 30.3 Å². The fourth-order valence-corrected chi connectivity index (χ4v) is 3.17. The van der Waals surface area contributed by atoms with E-state index in [0.29, 0.717) is 0 Å². The van der Waals surface area contributed by atoms with Crippen LogP contribution in [0.15, 0.2) is 48.8 Å². The molecule has 1 aromatic heterocycles. The van der Waals surface area contributed by atoms with E-state index in [4.69, 9.17) is 8.85 Å². The van der Waals surface area contributed by atoms with E-state index in [1.54, 1.807) is 20.4 Å². The van der Waals surface area contributed by atoms with E-state index in [9.17, 15) is 0 Å². The van der Waals surface area contributed by atoms with Crippen molar-refractivity contribution in [1.82, 2.24) is 4.98 Å². The van der Waals surface area contributed by atoms with Crippen molar-refractivity contribution in [3.05, 3.63) is 59.9 Å². The average Bonchev–Trinajstić information content (AvgIpc) is 2.43. The number of pyridine rings is 1. The molecule has 4 heteroatoms. The molecule has 0 saturated carbocycles. The van der Waals surface area contributed by atoms with Gasteiger partial charge in [-0.25, -0.2) is 0 Å². The third-order valence-electron chi connectivity index (χ3n) is 2.73. The summed E-state index contributed by atoms with van der Waals surface area (Å²) in [6.07, 6.45) is 4.53. The second kappa shape index (κ2) is 6.44. The van der Waals surface area contributed by atoms with Crippen LogP contribution in [0.2, 0.25) is 0 Å². The highest BCUT2D eigenvalue weighted by Gasteiger charge is 2.19. The van der Waals surface area contributed by atoms with Gasteiger partial charge in [0.1, 0.15) is 0 Å². The zero-order valence-electron chi connectivity index (χ0n) is 10.6. The zero-order chi connectivity index (χ0) is 12.8. The predicted octanol–water partition coefficient (Wildman–Crippen LogP) is 1.66.